The molecule has 0 radical (unpaired) electrons. The average molecular weight is 217 g/mol. The molecule has 1 heterocycles. The van der Waals surface area contributed by atoms with Crippen LogP contribution in [0.15, 0.2) is 12.1 Å². The van der Waals surface area contributed by atoms with E-state index in [1.165, 1.54) is 17.5 Å². The molecule has 1 N–H and O–H groups in total. The zero-order chi connectivity index (χ0) is 11.9. The highest BCUT2D eigenvalue weighted by molar-refractivity contribution is 5.44. The van der Waals surface area contributed by atoms with E-state index >= 15 is 0 Å². The zero-order valence-corrected chi connectivity index (χ0v) is 11.1. The number of fused-ring (bicyclic) bond motifs is 1. The topological polar surface area (TPSA) is 12.0 Å². The molecule has 1 heteroatoms. The number of benzene rings is 1. The number of aryl methyl sites for hydroxylation is 2. The minimum Gasteiger partial charge on any atom is -0.309 e. The van der Waals surface area contributed by atoms with Crippen molar-refractivity contribution in [1.82, 2.24) is 5.32 Å². The molecule has 1 aromatic carbocycles. The van der Waals surface area contributed by atoms with Crippen LogP contribution in [0, 0.1) is 19.3 Å². The summed E-state index contributed by atoms with van der Waals surface area (Å²) in [7, 11) is 0. The van der Waals surface area contributed by atoms with E-state index in [0.717, 1.165) is 6.54 Å². The fraction of sp³-hybridized carbons (Fsp3) is 0.600. The first kappa shape index (κ1) is 11.7. The number of rotatable bonds is 0. The number of hydrogen-bond acceptors (Lipinski definition) is 1. The third kappa shape index (κ3) is 1.89. The van der Waals surface area contributed by atoms with Gasteiger partial charge < -0.3 is 5.32 Å². The zero-order valence-electron chi connectivity index (χ0n) is 11.1. The van der Waals surface area contributed by atoms with Gasteiger partial charge in [-0.1, -0.05) is 32.9 Å². The third-order valence-electron chi connectivity index (χ3n) is 3.69. The van der Waals surface area contributed by atoms with Crippen molar-refractivity contribution in [2.75, 3.05) is 6.54 Å². The maximum absolute atomic E-state index is 3.68. The Kier molecular flexibility index (Phi) is 2.83. The Labute approximate surface area is 99.3 Å². The van der Waals surface area contributed by atoms with E-state index < -0.39 is 0 Å². The van der Waals surface area contributed by atoms with E-state index in [2.05, 4.69) is 52.1 Å². The molecule has 1 unspecified atom stereocenters. The van der Waals surface area contributed by atoms with Crippen LogP contribution in [0.3, 0.4) is 0 Å². The lowest BCUT2D eigenvalue weighted by Gasteiger charge is -2.38. The molecule has 2 rings (SSSR count). The van der Waals surface area contributed by atoms with Crippen molar-refractivity contribution in [2.24, 2.45) is 5.41 Å². The van der Waals surface area contributed by atoms with Crippen LogP contribution in [0.25, 0.3) is 0 Å². The van der Waals surface area contributed by atoms with Gasteiger partial charge in [0.25, 0.3) is 0 Å². The SMILES string of the molecule is Cc1ccc(C)c2c1CCNC2C(C)(C)C. The Morgan fingerprint density at radius 3 is 2.38 bits per heavy atom. The van der Waals surface area contributed by atoms with Crippen molar-refractivity contribution < 1.29 is 0 Å². The Morgan fingerprint density at radius 2 is 1.75 bits per heavy atom. The summed E-state index contributed by atoms with van der Waals surface area (Å²) in [6, 6.07) is 5.02. The van der Waals surface area contributed by atoms with Crippen molar-refractivity contribution in [3.05, 3.63) is 34.4 Å². The molecule has 0 aliphatic carbocycles. The highest BCUT2D eigenvalue weighted by Gasteiger charge is 2.31. The van der Waals surface area contributed by atoms with Crippen LogP contribution < -0.4 is 5.32 Å². The largest absolute Gasteiger partial charge is 0.309 e. The summed E-state index contributed by atoms with van der Waals surface area (Å²) in [6.07, 6.45) is 1.18. The molecule has 0 saturated carbocycles. The van der Waals surface area contributed by atoms with Gasteiger partial charge in [0, 0.05) is 6.04 Å². The van der Waals surface area contributed by atoms with E-state index in [4.69, 9.17) is 0 Å². The molecule has 0 amide bonds. The molecular weight excluding hydrogens is 194 g/mol. The molecule has 1 nitrogen and oxygen atoms in total. The van der Waals surface area contributed by atoms with Crippen molar-refractivity contribution in [3.8, 4) is 0 Å². The number of nitrogens with one attached hydrogen (secondary N) is 1. The lowest BCUT2D eigenvalue weighted by atomic mass is 9.76. The second-order valence-electron chi connectivity index (χ2n) is 6.09. The third-order valence-corrected chi connectivity index (χ3v) is 3.69. The van der Waals surface area contributed by atoms with Gasteiger partial charge in [-0.2, -0.15) is 0 Å². The highest BCUT2D eigenvalue weighted by Crippen LogP contribution is 2.39. The van der Waals surface area contributed by atoms with Crippen molar-refractivity contribution in [2.45, 2.75) is 47.1 Å². The quantitative estimate of drug-likeness (QED) is 0.701. The van der Waals surface area contributed by atoms with Crippen molar-refractivity contribution >= 4 is 0 Å². The minimum absolute atomic E-state index is 0.285. The van der Waals surface area contributed by atoms with Gasteiger partial charge in [0.2, 0.25) is 0 Å². The molecule has 1 aliphatic rings. The van der Waals surface area contributed by atoms with Crippen molar-refractivity contribution in [1.29, 1.82) is 0 Å². The molecule has 88 valence electrons. The summed E-state index contributed by atoms with van der Waals surface area (Å²) in [5.74, 6) is 0. The van der Waals surface area contributed by atoms with E-state index in [1.54, 1.807) is 11.1 Å². The monoisotopic (exact) mass is 217 g/mol. The standard InChI is InChI=1S/C15H23N/c1-10-6-7-11(2)13-12(10)8-9-16-14(13)15(3,4)5/h6-7,14,16H,8-9H2,1-5H3. The summed E-state index contributed by atoms with van der Waals surface area (Å²) in [5.41, 5.74) is 6.31. The van der Waals surface area contributed by atoms with Gasteiger partial charge in [-0.05, 0) is 54.5 Å². The van der Waals surface area contributed by atoms with Crippen LogP contribution in [-0.2, 0) is 6.42 Å². The molecule has 0 bridgehead atoms. The molecule has 0 saturated heterocycles. The Bertz CT molecular complexity index is 399. The first-order valence-corrected chi connectivity index (χ1v) is 6.23. The van der Waals surface area contributed by atoms with Crippen LogP contribution in [-0.4, -0.2) is 6.54 Å². The normalized spacial score (nSPS) is 20.7. The van der Waals surface area contributed by atoms with Gasteiger partial charge in [-0.15, -0.1) is 0 Å². The second kappa shape index (κ2) is 3.89. The van der Waals surface area contributed by atoms with E-state index in [-0.39, 0.29) is 5.41 Å². The summed E-state index contributed by atoms with van der Waals surface area (Å²) in [5, 5.41) is 3.68. The summed E-state index contributed by atoms with van der Waals surface area (Å²) < 4.78 is 0. The van der Waals surface area contributed by atoms with Gasteiger partial charge in [0.15, 0.2) is 0 Å². The summed E-state index contributed by atoms with van der Waals surface area (Å²) in [6.45, 7) is 12.6. The second-order valence-corrected chi connectivity index (χ2v) is 6.09. The van der Waals surface area contributed by atoms with Gasteiger partial charge in [0.05, 0.1) is 0 Å². The Morgan fingerprint density at radius 1 is 1.12 bits per heavy atom. The molecule has 1 aromatic rings. The van der Waals surface area contributed by atoms with Crippen LogP contribution in [0.5, 0.6) is 0 Å². The van der Waals surface area contributed by atoms with E-state index in [0.29, 0.717) is 6.04 Å². The lowest BCUT2D eigenvalue weighted by molar-refractivity contribution is 0.262. The molecule has 0 fully saturated rings. The van der Waals surface area contributed by atoms with Gasteiger partial charge in [0.1, 0.15) is 0 Å². The van der Waals surface area contributed by atoms with E-state index in [9.17, 15) is 0 Å². The van der Waals surface area contributed by atoms with Crippen LogP contribution in [0.2, 0.25) is 0 Å². The van der Waals surface area contributed by atoms with Crippen molar-refractivity contribution in [3.63, 3.8) is 0 Å². The first-order valence-electron chi connectivity index (χ1n) is 6.23. The fourth-order valence-corrected chi connectivity index (χ4v) is 2.81. The predicted molar refractivity (Wildman–Crippen MR) is 69.8 cm³/mol. The van der Waals surface area contributed by atoms with Gasteiger partial charge in [-0.3, -0.25) is 0 Å². The number of hydrogen-bond donors (Lipinski definition) is 1. The molecule has 0 aromatic heterocycles. The first-order chi connectivity index (χ1) is 7.41. The van der Waals surface area contributed by atoms with Crippen LogP contribution in [0.1, 0.15) is 49.1 Å². The lowest BCUT2D eigenvalue weighted by Crippen LogP contribution is -2.38. The smallest absolute Gasteiger partial charge is 0.0374 e. The maximum Gasteiger partial charge on any atom is 0.0374 e. The summed E-state index contributed by atoms with van der Waals surface area (Å²) >= 11 is 0. The van der Waals surface area contributed by atoms with Crippen LogP contribution >= 0.6 is 0 Å². The molecule has 16 heavy (non-hydrogen) atoms. The van der Waals surface area contributed by atoms with Gasteiger partial charge >= 0.3 is 0 Å². The Hall–Kier alpha value is -0.820. The molecule has 0 spiro atoms. The molecule has 1 aliphatic heterocycles. The van der Waals surface area contributed by atoms with Gasteiger partial charge in [-0.25, -0.2) is 0 Å². The maximum atomic E-state index is 3.68. The predicted octanol–water partition coefficient (Wildman–Crippen LogP) is 3.54. The average Bonchev–Trinajstić information content (AvgIpc) is 2.22. The highest BCUT2D eigenvalue weighted by atomic mass is 14.9. The van der Waals surface area contributed by atoms with Crippen LogP contribution in [0.4, 0.5) is 0 Å². The molecular formula is C15H23N. The van der Waals surface area contributed by atoms with E-state index in [1.807, 2.05) is 0 Å². The summed E-state index contributed by atoms with van der Waals surface area (Å²) in [4.78, 5) is 0. The Balaban J connectivity index is 2.58. The molecule has 1 atom stereocenters. The fourth-order valence-electron chi connectivity index (χ4n) is 2.81. The minimum atomic E-state index is 0.285.